The highest BCUT2D eigenvalue weighted by atomic mass is 16.1. The van der Waals surface area contributed by atoms with Crippen LogP contribution in [0.15, 0.2) is 29.4 Å². The van der Waals surface area contributed by atoms with Gasteiger partial charge >= 0.3 is 0 Å². The van der Waals surface area contributed by atoms with E-state index in [2.05, 4.69) is 10.0 Å². The van der Waals surface area contributed by atoms with Crippen LogP contribution in [0.1, 0.15) is 18.1 Å². The van der Waals surface area contributed by atoms with Crippen molar-refractivity contribution in [1.29, 1.82) is 0 Å². The van der Waals surface area contributed by atoms with Gasteiger partial charge in [0.05, 0.1) is 6.54 Å². The van der Waals surface area contributed by atoms with Gasteiger partial charge in [-0.05, 0) is 23.6 Å². The number of carbonyl (C=O) groups excluding carboxylic acids is 1. The number of benzene rings is 1. The van der Waals surface area contributed by atoms with Gasteiger partial charge in [-0.2, -0.15) is 0 Å². The smallest absolute Gasteiger partial charge is 0.134 e. The molecule has 1 aromatic carbocycles. The molecular weight excluding hydrogens is 178 g/mol. The molecule has 0 N–H and O–H groups in total. The fourth-order valence-corrected chi connectivity index (χ4v) is 1.24. The molecule has 0 atom stereocenters. The number of ketones is 1. The topological polar surface area (TPSA) is 65.8 Å². The average molecular weight is 189 g/mol. The Hall–Kier alpha value is -1.80. The van der Waals surface area contributed by atoms with Crippen LogP contribution in [0, 0.1) is 0 Å². The summed E-state index contributed by atoms with van der Waals surface area (Å²) in [6.45, 7) is 1.89. The summed E-state index contributed by atoms with van der Waals surface area (Å²) in [6.07, 6.45) is 0.435. The Bertz CT molecular complexity index is 361. The summed E-state index contributed by atoms with van der Waals surface area (Å²) in [7, 11) is 0. The summed E-state index contributed by atoms with van der Waals surface area (Å²) < 4.78 is 0. The van der Waals surface area contributed by atoms with E-state index in [1.165, 1.54) is 0 Å². The summed E-state index contributed by atoms with van der Waals surface area (Å²) in [5.74, 6) is 0.130. The zero-order chi connectivity index (χ0) is 10.4. The molecule has 4 heteroatoms. The van der Waals surface area contributed by atoms with Gasteiger partial charge in [0.2, 0.25) is 0 Å². The van der Waals surface area contributed by atoms with E-state index in [9.17, 15) is 4.79 Å². The molecule has 0 unspecified atom stereocenters. The molecule has 1 rings (SSSR count). The van der Waals surface area contributed by atoms with E-state index in [0.29, 0.717) is 13.0 Å². The maximum atomic E-state index is 10.9. The fourth-order valence-electron chi connectivity index (χ4n) is 1.24. The molecule has 72 valence electrons. The third-order valence-corrected chi connectivity index (χ3v) is 1.76. The number of hydrogen-bond acceptors (Lipinski definition) is 2. The second-order valence-corrected chi connectivity index (χ2v) is 3.09. The predicted molar refractivity (Wildman–Crippen MR) is 53.7 cm³/mol. The molecule has 0 spiro atoms. The van der Waals surface area contributed by atoms with Gasteiger partial charge in [0.25, 0.3) is 0 Å². The predicted octanol–water partition coefficient (Wildman–Crippen LogP) is 2.63. The van der Waals surface area contributed by atoms with E-state index in [0.717, 1.165) is 11.1 Å². The molecule has 0 saturated carbocycles. The lowest BCUT2D eigenvalue weighted by atomic mass is 10.1. The molecule has 0 saturated heterocycles. The van der Waals surface area contributed by atoms with Crippen molar-refractivity contribution < 1.29 is 4.79 Å². The number of azide groups is 1. The minimum Gasteiger partial charge on any atom is -0.300 e. The molecule has 0 heterocycles. The van der Waals surface area contributed by atoms with Gasteiger partial charge in [0, 0.05) is 11.3 Å². The molecule has 4 nitrogen and oxygen atoms in total. The molecule has 0 amide bonds. The number of Topliss-reactive ketones (excluding diaryl/α,β-unsaturated/α-hetero) is 1. The minimum absolute atomic E-state index is 0.130. The molecule has 0 fully saturated rings. The van der Waals surface area contributed by atoms with Crippen LogP contribution in [-0.4, -0.2) is 5.78 Å². The third kappa shape index (κ3) is 3.29. The van der Waals surface area contributed by atoms with Crippen LogP contribution in [0.2, 0.25) is 0 Å². The van der Waals surface area contributed by atoms with Gasteiger partial charge in [-0.3, -0.25) is 4.79 Å². The number of nitrogens with zero attached hydrogens (tertiary/aromatic N) is 3. The van der Waals surface area contributed by atoms with E-state index in [1.54, 1.807) is 6.92 Å². The molecule has 14 heavy (non-hydrogen) atoms. The Morgan fingerprint density at radius 1 is 1.50 bits per heavy atom. The Labute approximate surface area is 82.2 Å². The molecule has 0 aliphatic heterocycles. The van der Waals surface area contributed by atoms with Crippen LogP contribution in [-0.2, 0) is 17.8 Å². The van der Waals surface area contributed by atoms with E-state index in [4.69, 9.17) is 5.53 Å². The van der Waals surface area contributed by atoms with Gasteiger partial charge in [-0.25, -0.2) is 0 Å². The normalized spacial score (nSPS) is 9.21. The maximum absolute atomic E-state index is 10.9. The largest absolute Gasteiger partial charge is 0.300 e. The van der Waals surface area contributed by atoms with Crippen molar-refractivity contribution in [3.05, 3.63) is 45.8 Å². The Morgan fingerprint density at radius 3 is 2.86 bits per heavy atom. The lowest BCUT2D eigenvalue weighted by Gasteiger charge is -2.00. The standard InChI is InChI=1S/C10H11N3O/c1-8(14)5-9-3-2-4-10(6-9)7-12-13-11/h2-4,6H,5,7H2,1H3. The zero-order valence-electron chi connectivity index (χ0n) is 7.97. The summed E-state index contributed by atoms with van der Waals surface area (Å²) in [4.78, 5) is 13.5. The highest BCUT2D eigenvalue weighted by Gasteiger charge is 1.98. The van der Waals surface area contributed by atoms with Crippen molar-refractivity contribution in [3.63, 3.8) is 0 Å². The van der Waals surface area contributed by atoms with Crippen molar-refractivity contribution in [2.75, 3.05) is 0 Å². The van der Waals surface area contributed by atoms with Gasteiger partial charge in [0.1, 0.15) is 5.78 Å². The Morgan fingerprint density at radius 2 is 2.21 bits per heavy atom. The van der Waals surface area contributed by atoms with Crippen LogP contribution in [0.25, 0.3) is 10.4 Å². The van der Waals surface area contributed by atoms with Crippen molar-refractivity contribution >= 4 is 5.78 Å². The molecular formula is C10H11N3O. The highest BCUT2D eigenvalue weighted by Crippen LogP contribution is 2.07. The summed E-state index contributed by atoms with van der Waals surface area (Å²) in [5, 5.41) is 3.46. The zero-order valence-corrected chi connectivity index (χ0v) is 7.97. The van der Waals surface area contributed by atoms with Crippen LogP contribution in [0.5, 0.6) is 0 Å². The fraction of sp³-hybridized carbons (Fsp3) is 0.300. The van der Waals surface area contributed by atoms with Crippen LogP contribution in [0.4, 0.5) is 0 Å². The summed E-state index contributed by atoms with van der Waals surface area (Å²) in [5.41, 5.74) is 10.0. The quantitative estimate of drug-likeness (QED) is 0.408. The SMILES string of the molecule is CC(=O)Cc1cccc(CN=[N+]=[N-])c1. The molecule has 0 aliphatic rings. The summed E-state index contributed by atoms with van der Waals surface area (Å²) in [6, 6.07) is 7.51. The van der Waals surface area contributed by atoms with Crippen molar-refractivity contribution in [1.82, 2.24) is 0 Å². The van der Waals surface area contributed by atoms with Crippen LogP contribution >= 0.6 is 0 Å². The van der Waals surface area contributed by atoms with Gasteiger partial charge in [-0.15, -0.1) is 0 Å². The van der Waals surface area contributed by atoms with E-state index >= 15 is 0 Å². The van der Waals surface area contributed by atoms with E-state index in [-0.39, 0.29) is 5.78 Å². The first-order valence-corrected chi connectivity index (χ1v) is 4.30. The number of carbonyl (C=O) groups is 1. The van der Waals surface area contributed by atoms with Crippen molar-refractivity contribution in [3.8, 4) is 0 Å². The van der Waals surface area contributed by atoms with Crippen molar-refractivity contribution in [2.24, 2.45) is 5.11 Å². The van der Waals surface area contributed by atoms with Gasteiger partial charge < -0.3 is 0 Å². The van der Waals surface area contributed by atoms with Gasteiger partial charge in [0.15, 0.2) is 0 Å². The maximum Gasteiger partial charge on any atom is 0.134 e. The molecule has 0 aliphatic carbocycles. The first-order valence-electron chi connectivity index (χ1n) is 4.30. The first-order chi connectivity index (χ1) is 6.72. The molecule has 1 aromatic rings. The average Bonchev–Trinajstić information content (AvgIpc) is 2.14. The monoisotopic (exact) mass is 189 g/mol. The second kappa shape index (κ2) is 5.04. The van der Waals surface area contributed by atoms with Crippen LogP contribution < -0.4 is 0 Å². The Balaban J connectivity index is 2.78. The van der Waals surface area contributed by atoms with Crippen molar-refractivity contribution in [2.45, 2.75) is 19.9 Å². The first kappa shape index (κ1) is 10.3. The second-order valence-electron chi connectivity index (χ2n) is 3.09. The lowest BCUT2D eigenvalue weighted by Crippen LogP contribution is -1.96. The molecule has 0 radical (unpaired) electrons. The summed E-state index contributed by atoms with van der Waals surface area (Å²) >= 11 is 0. The molecule has 0 aromatic heterocycles. The number of rotatable bonds is 4. The minimum atomic E-state index is 0.130. The number of hydrogen-bond donors (Lipinski definition) is 0. The van der Waals surface area contributed by atoms with E-state index < -0.39 is 0 Å². The van der Waals surface area contributed by atoms with E-state index in [1.807, 2.05) is 24.3 Å². The highest BCUT2D eigenvalue weighted by molar-refractivity contribution is 5.78. The Kier molecular flexibility index (Phi) is 3.70. The third-order valence-electron chi connectivity index (χ3n) is 1.76. The lowest BCUT2D eigenvalue weighted by molar-refractivity contribution is -0.116. The van der Waals surface area contributed by atoms with Crippen LogP contribution in [0.3, 0.4) is 0 Å². The van der Waals surface area contributed by atoms with Gasteiger partial charge in [-0.1, -0.05) is 29.4 Å². The molecule has 0 bridgehead atoms.